The monoisotopic (exact) mass is 377 g/mol. The number of hydrogen-bond donors (Lipinski definition) is 1. The van der Waals surface area contributed by atoms with Crippen LogP contribution in [0.3, 0.4) is 0 Å². The van der Waals surface area contributed by atoms with Crippen LogP contribution in [0.25, 0.3) is 0 Å². The van der Waals surface area contributed by atoms with Crippen LogP contribution in [-0.2, 0) is 16.6 Å². The highest BCUT2D eigenvalue weighted by Gasteiger charge is 2.19. The maximum Gasteiger partial charge on any atom is 0.191 e. The number of rotatable bonds is 6. The van der Waals surface area contributed by atoms with E-state index in [1.54, 1.807) is 11.3 Å². The van der Waals surface area contributed by atoms with Crippen molar-refractivity contribution in [1.82, 2.24) is 9.88 Å². The molecule has 25 heavy (non-hydrogen) atoms. The van der Waals surface area contributed by atoms with Crippen molar-refractivity contribution in [3.63, 3.8) is 0 Å². The molecule has 0 radical (unpaired) electrons. The number of thiazole rings is 1. The summed E-state index contributed by atoms with van der Waals surface area (Å²) in [6.45, 7) is 3.95. The molecule has 1 fully saturated rings. The number of nitrogens with zero attached hydrogens (tertiary/aromatic N) is 4. The summed E-state index contributed by atoms with van der Waals surface area (Å²) in [4.78, 5) is 13.1. The van der Waals surface area contributed by atoms with Gasteiger partial charge in [-0.25, -0.2) is 4.98 Å². The highest BCUT2D eigenvalue weighted by atomic mass is 32.2. The number of benzene rings is 1. The Labute approximate surface area is 154 Å². The number of anilines is 1. The van der Waals surface area contributed by atoms with Gasteiger partial charge in [0.15, 0.2) is 11.1 Å². The van der Waals surface area contributed by atoms with Gasteiger partial charge in [0.2, 0.25) is 0 Å². The van der Waals surface area contributed by atoms with Crippen LogP contribution in [0.5, 0.6) is 0 Å². The lowest BCUT2D eigenvalue weighted by Crippen LogP contribution is -2.51. The average molecular weight is 378 g/mol. The number of guanidine groups is 1. The van der Waals surface area contributed by atoms with Gasteiger partial charge in [-0.05, 0) is 5.56 Å². The fourth-order valence-corrected chi connectivity index (χ4v) is 4.39. The van der Waals surface area contributed by atoms with Crippen molar-refractivity contribution < 1.29 is 4.21 Å². The molecule has 1 aromatic heterocycles. The van der Waals surface area contributed by atoms with E-state index in [1.165, 1.54) is 0 Å². The minimum atomic E-state index is -0.915. The summed E-state index contributed by atoms with van der Waals surface area (Å²) in [5, 5.41) is 3.05. The smallest absolute Gasteiger partial charge is 0.191 e. The molecule has 0 bridgehead atoms. The second-order valence-corrected chi connectivity index (χ2v) is 8.25. The van der Waals surface area contributed by atoms with Crippen LogP contribution in [0.2, 0.25) is 0 Å². The van der Waals surface area contributed by atoms with Crippen LogP contribution in [0.1, 0.15) is 5.56 Å². The molecule has 0 aliphatic carbocycles. The van der Waals surface area contributed by atoms with Crippen molar-refractivity contribution in [2.45, 2.75) is 5.75 Å². The van der Waals surface area contributed by atoms with Crippen molar-refractivity contribution in [3.05, 3.63) is 47.5 Å². The first-order valence-electron chi connectivity index (χ1n) is 8.30. The predicted octanol–water partition coefficient (Wildman–Crippen LogP) is 1.53. The SMILES string of the molecule is NC(=NCCS(=O)Cc1ccccc1)N1CCN(c2nccs2)CC1. The zero-order valence-electron chi connectivity index (χ0n) is 14.1. The van der Waals surface area contributed by atoms with Crippen LogP contribution < -0.4 is 10.6 Å². The molecule has 0 saturated carbocycles. The van der Waals surface area contributed by atoms with E-state index in [0.29, 0.717) is 24.0 Å². The molecular formula is C17H23N5OS2. The Balaban J connectivity index is 1.41. The molecule has 134 valence electrons. The van der Waals surface area contributed by atoms with Gasteiger partial charge in [-0.3, -0.25) is 9.20 Å². The first-order chi connectivity index (χ1) is 12.2. The third-order valence-electron chi connectivity index (χ3n) is 4.06. The highest BCUT2D eigenvalue weighted by molar-refractivity contribution is 7.84. The Hall–Kier alpha value is -1.93. The number of nitrogens with two attached hydrogens (primary N) is 1. The van der Waals surface area contributed by atoms with Crippen molar-refractivity contribution >= 4 is 33.2 Å². The minimum absolute atomic E-state index is 0.498. The molecule has 1 unspecified atom stereocenters. The second-order valence-electron chi connectivity index (χ2n) is 5.80. The molecule has 1 atom stereocenters. The van der Waals surface area contributed by atoms with Crippen molar-refractivity contribution in [2.24, 2.45) is 10.7 Å². The van der Waals surface area contributed by atoms with E-state index < -0.39 is 10.8 Å². The summed E-state index contributed by atoms with van der Waals surface area (Å²) in [5.74, 6) is 1.66. The largest absolute Gasteiger partial charge is 0.370 e. The summed E-state index contributed by atoms with van der Waals surface area (Å²) in [7, 11) is -0.915. The van der Waals surface area contributed by atoms with Crippen LogP contribution >= 0.6 is 11.3 Å². The summed E-state index contributed by atoms with van der Waals surface area (Å²) in [5.41, 5.74) is 7.19. The van der Waals surface area contributed by atoms with Gasteiger partial charge >= 0.3 is 0 Å². The van der Waals surface area contributed by atoms with Gasteiger partial charge in [-0.1, -0.05) is 30.3 Å². The number of hydrogen-bond acceptors (Lipinski definition) is 5. The molecule has 0 spiro atoms. The van der Waals surface area contributed by atoms with Gasteiger partial charge in [0.25, 0.3) is 0 Å². The van der Waals surface area contributed by atoms with E-state index in [9.17, 15) is 4.21 Å². The lowest BCUT2D eigenvalue weighted by Gasteiger charge is -2.35. The van der Waals surface area contributed by atoms with Crippen molar-refractivity contribution in [1.29, 1.82) is 0 Å². The molecule has 2 heterocycles. The standard InChI is InChI=1S/C17H23N5OS2/c18-16(19-7-13-25(23)14-15-4-2-1-3-5-15)21-8-10-22(11-9-21)17-20-6-12-24-17/h1-6,12H,7-11,13-14H2,(H2,18,19). The molecule has 1 saturated heterocycles. The van der Waals surface area contributed by atoms with E-state index in [1.807, 2.05) is 41.9 Å². The third kappa shape index (κ3) is 5.27. The Morgan fingerprint density at radius 1 is 1.24 bits per heavy atom. The van der Waals surface area contributed by atoms with Gasteiger partial charge in [0, 0.05) is 60.1 Å². The molecular weight excluding hydrogens is 354 g/mol. The topological polar surface area (TPSA) is 74.8 Å². The second kappa shape index (κ2) is 8.96. The van der Waals surface area contributed by atoms with E-state index in [-0.39, 0.29) is 0 Å². The Morgan fingerprint density at radius 2 is 2.00 bits per heavy atom. The molecule has 1 aromatic carbocycles. The molecule has 2 N–H and O–H groups in total. The minimum Gasteiger partial charge on any atom is -0.370 e. The lowest BCUT2D eigenvalue weighted by molar-refractivity contribution is 0.381. The molecule has 2 aromatic rings. The highest BCUT2D eigenvalue weighted by Crippen LogP contribution is 2.18. The van der Waals surface area contributed by atoms with Crippen molar-refractivity contribution in [3.8, 4) is 0 Å². The van der Waals surface area contributed by atoms with Gasteiger partial charge in [-0.15, -0.1) is 11.3 Å². The van der Waals surface area contributed by atoms with Gasteiger partial charge < -0.3 is 15.5 Å². The van der Waals surface area contributed by atoms with E-state index in [2.05, 4.69) is 19.8 Å². The normalized spacial score (nSPS) is 16.9. The van der Waals surface area contributed by atoms with Gasteiger partial charge in [0.05, 0.1) is 6.54 Å². The fourth-order valence-electron chi connectivity index (χ4n) is 2.69. The molecule has 0 amide bonds. The van der Waals surface area contributed by atoms with Crippen LogP contribution in [-0.4, -0.2) is 58.5 Å². The first-order valence-corrected chi connectivity index (χ1v) is 10.7. The number of aliphatic imine (C=N–C) groups is 1. The van der Waals surface area contributed by atoms with E-state index in [4.69, 9.17) is 5.73 Å². The maximum absolute atomic E-state index is 12.1. The van der Waals surface area contributed by atoms with E-state index >= 15 is 0 Å². The van der Waals surface area contributed by atoms with Crippen LogP contribution in [0.15, 0.2) is 46.9 Å². The number of aromatic nitrogens is 1. The maximum atomic E-state index is 12.1. The van der Waals surface area contributed by atoms with Gasteiger partial charge in [-0.2, -0.15) is 0 Å². The number of piperazine rings is 1. The quantitative estimate of drug-likeness (QED) is 0.610. The predicted molar refractivity (Wildman–Crippen MR) is 106 cm³/mol. The zero-order valence-corrected chi connectivity index (χ0v) is 15.7. The summed E-state index contributed by atoms with van der Waals surface area (Å²) >= 11 is 1.66. The Bertz CT molecular complexity index is 697. The zero-order chi connectivity index (χ0) is 17.5. The summed E-state index contributed by atoms with van der Waals surface area (Å²) < 4.78 is 12.1. The first kappa shape index (κ1) is 17.9. The van der Waals surface area contributed by atoms with Gasteiger partial charge in [0.1, 0.15) is 0 Å². The van der Waals surface area contributed by atoms with Crippen LogP contribution in [0, 0.1) is 0 Å². The molecule has 1 aliphatic heterocycles. The molecule has 6 nitrogen and oxygen atoms in total. The average Bonchev–Trinajstić information content (AvgIpc) is 3.17. The molecule has 8 heteroatoms. The van der Waals surface area contributed by atoms with Crippen LogP contribution in [0.4, 0.5) is 5.13 Å². The summed E-state index contributed by atoms with van der Waals surface area (Å²) in [6.07, 6.45) is 1.83. The van der Waals surface area contributed by atoms with E-state index in [0.717, 1.165) is 36.9 Å². The third-order valence-corrected chi connectivity index (χ3v) is 6.18. The van der Waals surface area contributed by atoms with Crippen molar-refractivity contribution in [2.75, 3.05) is 43.4 Å². The fraction of sp³-hybridized carbons (Fsp3) is 0.412. The Morgan fingerprint density at radius 3 is 2.68 bits per heavy atom. The lowest BCUT2D eigenvalue weighted by atomic mass is 10.2. The Kier molecular flexibility index (Phi) is 6.41. The molecule has 3 rings (SSSR count). The summed E-state index contributed by atoms with van der Waals surface area (Å²) in [6, 6.07) is 9.89. The molecule has 1 aliphatic rings.